The summed E-state index contributed by atoms with van der Waals surface area (Å²) >= 11 is 3.43. The van der Waals surface area contributed by atoms with Crippen molar-refractivity contribution in [3.05, 3.63) is 40.8 Å². The van der Waals surface area contributed by atoms with Crippen LogP contribution in [0, 0.1) is 6.92 Å². The Morgan fingerprint density at radius 2 is 2.12 bits per heavy atom. The lowest BCUT2D eigenvalue weighted by Gasteiger charge is -2.10. The van der Waals surface area contributed by atoms with Gasteiger partial charge in [-0.1, -0.05) is 5.16 Å². The van der Waals surface area contributed by atoms with E-state index in [4.69, 9.17) is 14.8 Å². The minimum absolute atomic E-state index is 0.582. The van der Waals surface area contributed by atoms with Crippen LogP contribution in [0.25, 0.3) is 20.5 Å². The van der Waals surface area contributed by atoms with Crippen LogP contribution in [-0.2, 0) is 11.3 Å². The number of hydrogen-bond acceptors (Lipinski definition) is 7. The van der Waals surface area contributed by atoms with Crippen molar-refractivity contribution in [2.45, 2.75) is 33.1 Å². The molecule has 1 aliphatic carbocycles. The third-order valence-electron chi connectivity index (χ3n) is 3.99. The number of fused-ring (bicyclic) bond motifs is 1. The standard InChI is InChI=1S/C18H18N4OS2/c1-3-23-22-13-7-4-8-14-15(13)21-18(24-14)16-11(2)20-17(25-16)12-6-5-9-19-10-12/h5-6,9-10H,3-4,7-8H2,1-2H3/b22-13+. The predicted molar refractivity (Wildman–Crippen MR) is 102 cm³/mol. The highest BCUT2D eigenvalue weighted by Crippen LogP contribution is 2.39. The molecule has 128 valence electrons. The predicted octanol–water partition coefficient (Wildman–Crippen LogP) is 4.71. The van der Waals surface area contributed by atoms with Gasteiger partial charge in [-0.05, 0) is 45.2 Å². The number of oxime groups is 1. The largest absolute Gasteiger partial charge is 0.396 e. The molecule has 0 N–H and O–H groups in total. The van der Waals surface area contributed by atoms with Gasteiger partial charge < -0.3 is 4.84 Å². The molecule has 0 amide bonds. The maximum Gasteiger partial charge on any atom is 0.136 e. The first-order valence-electron chi connectivity index (χ1n) is 8.33. The molecular formula is C18H18N4OS2. The highest BCUT2D eigenvalue weighted by Gasteiger charge is 2.24. The van der Waals surface area contributed by atoms with Crippen molar-refractivity contribution in [1.82, 2.24) is 15.0 Å². The molecule has 0 aliphatic heterocycles. The highest BCUT2D eigenvalue weighted by molar-refractivity contribution is 7.23. The molecule has 3 aromatic rings. The summed E-state index contributed by atoms with van der Waals surface area (Å²) in [5, 5.41) is 6.28. The van der Waals surface area contributed by atoms with Crippen LogP contribution < -0.4 is 0 Å². The van der Waals surface area contributed by atoms with Gasteiger partial charge in [0.2, 0.25) is 0 Å². The average molecular weight is 371 g/mol. The summed E-state index contributed by atoms with van der Waals surface area (Å²) in [6.45, 7) is 4.57. The van der Waals surface area contributed by atoms with Gasteiger partial charge in [0.15, 0.2) is 0 Å². The van der Waals surface area contributed by atoms with E-state index in [0.29, 0.717) is 6.61 Å². The van der Waals surface area contributed by atoms with Crippen LogP contribution in [0.3, 0.4) is 0 Å². The van der Waals surface area contributed by atoms with Crippen molar-refractivity contribution in [2.75, 3.05) is 6.61 Å². The highest BCUT2D eigenvalue weighted by atomic mass is 32.1. The molecule has 0 unspecified atom stereocenters. The number of thiazole rings is 2. The second-order valence-corrected chi connectivity index (χ2v) is 7.86. The Morgan fingerprint density at radius 1 is 1.20 bits per heavy atom. The fourth-order valence-electron chi connectivity index (χ4n) is 2.82. The van der Waals surface area contributed by atoms with Crippen molar-refractivity contribution in [2.24, 2.45) is 5.16 Å². The zero-order valence-electron chi connectivity index (χ0n) is 14.2. The molecule has 0 fully saturated rings. The van der Waals surface area contributed by atoms with Crippen LogP contribution in [0.1, 0.15) is 36.0 Å². The number of aryl methyl sites for hydroxylation is 2. The second-order valence-electron chi connectivity index (χ2n) is 5.78. The Labute approximate surface area is 154 Å². The topological polar surface area (TPSA) is 60.3 Å². The van der Waals surface area contributed by atoms with Crippen molar-refractivity contribution >= 4 is 28.4 Å². The maximum atomic E-state index is 5.27. The van der Waals surface area contributed by atoms with E-state index in [0.717, 1.165) is 56.8 Å². The minimum atomic E-state index is 0.582. The molecule has 0 spiro atoms. The molecule has 3 heterocycles. The fourth-order valence-corrected chi connectivity index (χ4v) is 5.13. The van der Waals surface area contributed by atoms with Gasteiger partial charge in [0.05, 0.1) is 10.6 Å². The molecule has 5 nitrogen and oxygen atoms in total. The summed E-state index contributed by atoms with van der Waals surface area (Å²) in [4.78, 5) is 21.5. The molecule has 0 saturated heterocycles. The van der Waals surface area contributed by atoms with Crippen LogP contribution in [0.15, 0.2) is 29.7 Å². The van der Waals surface area contributed by atoms with Crippen LogP contribution in [0.5, 0.6) is 0 Å². The van der Waals surface area contributed by atoms with E-state index in [1.54, 1.807) is 28.9 Å². The monoisotopic (exact) mass is 370 g/mol. The molecule has 0 saturated carbocycles. The minimum Gasteiger partial charge on any atom is -0.396 e. The molecule has 3 aromatic heterocycles. The Kier molecular flexibility index (Phi) is 4.59. The smallest absolute Gasteiger partial charge is 0.136 e. The van der Waals surface area contributed by atoms with Crippen LogP contribution in [0.4, 0.5) is 0 Å². The summed E-state index contributed by atoms with van der Waals surface area (Å²) in [5.41, 5.74) is 4.04. The molecule has 0 atom stereocenters. The van der Waals surface area contributed by atoms with Gasteiger partial charge in [0.25, 0.3) is 0 Å². The van der Waals surface area contributed by atoms with Crippen molar-refractivity contribution in [3.63, 3.8) is 0 Å². The van der Waals surface area contributed by atoms with Crippen molar-refractivity contribution in [1.29, 1.82) is 0 Å². The van der Waals surface area contributed by atoms with E-state index in [-0.39, 0.29) is 0 Å². The molecular weight excluding hydrogens is 352 g/mol. The van der Waals surface area contributed by atoms with E-state index in [9.17, 15) is 0 Å². The first-order chi connectivity index (χ1) is 12.3. The van der Waals surface area contributed by atoms with Gasteiger partial charge in [-0.25, -0.2) is 9.97 Å². The number of rotatable bonds is 4. The van der Waals surface area contributed by atoms with Crippen LogP contribution in [-0.4, -0.2) is 27.3 Å². The first-order valence-corrected chi connectivity index (χ1v) is 9.96. The van der Waals surface area contributed by atoms with E-state index >= 15 is 0 Å². The number of hydrogen-bond donors (Lipinski definition) is 0. The summed E-state index contributed by atoms with van der Waals surface area (Å²) in [7, 11) is 0. The molecule has 0 aromatic carbocycles. The summed E-state index contributed by atoms with van der Waals surface area (Å²) in [6, 6.07) is 3.97. The lowest BCUT2D eigenvalue weighted by molar-refractivity contribution is 0.158. The molecule has 1 aliphatic rings. The van der Waals surface area contributed by atoms with E-state index in [2.05, 4.69) is 10.1 Å². The van der Waals surface area contributed by atoms with E-state index < -0.39 is 0 Å². The van der Waals surface area contributed by atoms with E-state index in [1.807, 2.05) is 32.2 Å². The van der Waals surface area contributed by atoms with Gasteiger partial charge in [0, 0.05) is 22.8 Å². The fraction of sp³-hybridized carbons (Fsp3) is 0.333. The third-order valence-corrected chi connectivity index (χ3v) is 6.47. The SMILES string of the molecule is CCO/N=C1\CCCc2sc(-c3sc(-c4cccnc4)nc3C)nc21. The summed E-state index contributed by atoms with van der Waals surface area (Å²) in [6.07, 6.45) is 6.72. The van der Waals surface area contributed by atoms with Gasteiger partial charge in [-0.15, -0.1) is 22.7 Å². The van der Waals surface area contributed by atoms with E-state index in [1.165, 1.54) is 4.88 Å². The Morgan fingerprint density at radius 3 is 2.92 bits per heavy atom. The Hall–Kier alpha value is -2.12. The second kappa shape index (κ2) is 7.01. The zero-order chi connectivity index (χ0) is 17.2. The van der Waals surface area contributed by atoms with Crippen molar-refractivity contribution < 1.29 is 4.84 Å². The Balaban J connectivity index is 1.72. The quantitative estimate of drug-likeness (QED) is 0.624. The summed E-state index contributed by atoms with van der Waals surface area (Å²) in [5.74, 6) is 0. The molecule has 25 heavy (non-hydrogen) atoms. The van der Waals surface area contributed by atoms with Gasteiger partial charge in [-0.2, -0.15) is 0 Å². The van der Waals surface area contributed by atoms with Crippen molar-refractivity contribution in [3.8, 4) is 20.5 Å². The van der Waals surface area contributed by atoms with Crippen LogP contribution >= 0.6 is 22.7 Å². The number of pyridine rings is 1. The maximum absolute atomic E-state index is 5.27. The molecule has 0 radical (unpaired) electrons. The lowest BCUT2D eigenvalue weighted by atomic mass is 10.0. The Bertz CT molecular complexity index is 915. The lowest BCUT2D eigenvalue weighted by Crippen LogP contribution is -2.11. The van der Waals surface area contributed by atoms with Gasteiger partial charge in [-0.3, -0.25) is 4.98 Å². The third kappa shape index (κ3) is 3.21. The zero-order valence-corrected chi connectivity index (χ0v) is 15.8. The average Bonchev–Trinajstić information content (AvgIpc) is 3.24. The summed E-state index contributed by atoms with van der Waals surface area (Å²) < 4.78 is 0. The molecule has 4 rings (SSSR count). The number of nitrogens with zero attached hydrogens (tertiary/aromatic N) is 4. The van der Waals surface area contributed by atoms with Gasteiger partial charge in [0.1, 0.15) is 28.0 Å². The number of aromatic nitrogens is 3. The normalized spacial score (nSPS) is 15.4. The molecule has 0 bridgehead atoms. The first kappa shape index (κ1) is 16.4. The molecule has 7 heteroatoms. The van der Waals surface area contributed by atoms with Crippen LogP contribution in [0.2, 0.25) is 0 Å². The van der Waals surface area contributed by atoms with Gasteiger partial charge >= 0.3 is 0 Å².